The minimum absolute atomic E-state index is 0.00102. The maximum atomic E-state index is 14.4. The number of halogens is 9. The van der Waals surface area contributed by atoms with Crippen LogP contribution in [-0.4, -0.2) is 13.7 Å². The highest BCUT2D eigenvalue weighted by Gasteiger charge is 2.36. The smallest absolute Gasteiger partial charge is 0.236 e. The highest BCUT2D eigenvalue weighted by molar-refractivity contribution is 8.03. The van der Waals surface area contributed by atoms with Crippen LogP contribution in [0.25, 0.3) is 5.69 Å². The summed E-state index contributed by atoms with van der Waals surface area (Å²) in [5.74, 6) is -3.54. The molecule has 0 amide bonds. The second kappa shape index (κ2) is 7.88. The number of nitriles is 1. The van der Waals surface area contributed by atoms with Crippen molar-refractivity contribution < 1.29 is 26.3 Å². The van der Waals surface area contributed by atoms with E-state index in [1.165, 1.54) is 6.07 Å². The molecule has 0 bridgehead atoms. The number of alkyl halides is 7. The zero-order chi connectivity index (χ0) is 20.7. The van der Waals surface area contributed by atoms with Gasteiger partial charge in [0.15, 0.2) is 17.4 Å². The van der Waals surface area contributed by atoms with Crippen molar-refractivity contribution in [3.05, 3.63) is 39.9 Å². The van der Waals surface area contributed by atoms with Crippen molar-refractivity contribution in [1.29, 1.82) is 5.26 Å². The Bertz CT molecular complexity index is 897. The van der Waals surface area contributed by atoms with E-state index in [1.807, 2.05) is 0 Å². The zero-order valence-electron chi connectivity index (χ0n) is 12.5. The molecule has 0 aliphatic carbocycles. The molecule has 2 atom stereocenters. The highest BCUT2D eigenvalue weighted by Crippen LogP contribution is 2.47. The summed E-state index contributed by atoms with van der Waals surface area (Å²) in [6.07, 6.45) is -4.89. The van der Waals surface area contributed by atoms with E-state index < -0.39 is 54.4 Å². The van der Waals surface area contributed by atoms with Crippen LogP contribution in [0.1, 0.15) is 22.9 Å². The van der Waals surface area contributed by atoms with Crippen molar-refractivity contribution >= 4 is 55.8 Å². The number of thioether (sulfide) groups is 1. The lowest BCUT2D eigenvalue weighted by Gasteiger charge is -2.15. The topological polar surface area (TPSA) is 41.6 Å². The molecule has 1 aromatic heterocycles. The van der Waals surface area contributed by atoms with Crippen molar-refractivity contribution in [2.75, 3.05) is 0 Å². The number of nitrogens with zero attached hydrogens (tertiary/aromatic N) is 3. The zero-order valence-corrected chi connectivity index (χ0v) is 16.7. The lowest BCUT2D eigenvalue weighted by molar-refractivity contribution is -0.137. The van der Waals surface area contributed by atoms with Crippen molar-refractivity contribution in [1.82, 2.24) is 9.78 Å². The van der Waals surface area contributed by atoms with E-state index in [2.05, 4.69) is 5.10 Å². The first-order valence-electron chi connectivity index (χ1n) is 6.51. The molecular formula is C13H5Cl3F6N3PS. The molecule has 2 unspecified atom stereocenters. The summed E-state index contributed by atoms with van der Waals surface area (Å²) in [5, 5.41) is 12.0. The maximum Gasteiger partial charge on any atom is 0.416 e. The molecule has 146 valence electrons. The minimum atomic E-state index is -4.89. The Kier molecular flexibility index (Phi) is 6.55. The van der Waals surface area contributed by atoms with Crippen molar-refractivity contribution in [3.8, 4) is 11.8 Å². The molecule has 0 fully saturated rings. The molecule has 2 rings (SSSR count). The molecule has 14 heteroatoms. The quantitative estimate of drug-likeness (QED) is 0.213. The third kappa shape index (κ3) is 4.96. The first kappa shape index (κ1) is 22.4. The van der Waals surface area contributed by atoms with Gasteiger partial charge in [-0.1, -0.05) is 44.0 Å². The predicted octanol–water partition coefficient (Wildman–Crippen LogP) is 6.55. The summed E-state index contributed by atoms with van der Waals surface area (Å²) < 4.78 is 77.9. The normalized spacial score (nSPS) is 13.5. The van der Waals surface area contributed by atoms with Crippen molar-refractivity contribution in [3.63, 3.8) is 0 Å². The Labute approximate surface area is 169 Å². The van der Waals surface area contributed by atoms with Crippen LogP contribution in [0.5, 0.6) is 0 Å². The van der Waals surface area contributed by atoms with E-state index in [9.17, 15) is 26.3 Å². The number of benzene rings is 1. The van der Waals surface area contributed by atoms with Gasteiger partial charge in [-0.2, -0.15) is 27.9 Å². The summed E-state index contributed by atoms with van der Waals surface area (Å²) in [6, 6.07) is 2.05. The van der Waals surface area contributed by atoms with E-state index in [-0.39, 0.29) is 17.8 Å². The Morgan fingerprint density at radius 3 is 2.26 bits per heavy atom. The van der Waals surface area contributed by atoms with Gasteiger partial charge in [-0.25, -0.2) is 13.5 Å². The summed E-state index contributed by atoms with van der Waals surface area (Å²) in [5.41, 5.74) is -3.32. The van der Waals surface area contributed by atoms with Crippen LogP contribution in [0, 0.1) is 17.1 Å². The lowest BCUT2D eigenvalue weighted by Crippen LogP contribution is -2.10. The molecule has 1 aromatic carbocycles. The van der Waals surface area contributed by atoms with Crippen molar-refractivity contribution in [2.24, 2.45) is 0 Å². The Hall–Kier alpha value is -0.850. The molecule has 0 saturated heterocycles. The molecule has 0 aliphatic heterocycles. The molecule has 0 aliphatic rings. The van der Waals surface area contributed by atoms with Crippen LogP contribution in [0.4, 0.5) is 26.3 Å². The molecule has 0 radical (unpaired) electrons. The van der Waals surface area contributed by atoms with Gasteiger partial charge in [-0.05, 0) is 23.9 Å². The average Bonchev–Trinajstić information content (AvgIpc) is 2.81. The van der Waals surface area contributed by atoms with Crippen LogP contribution in [-0.2, 0) is 6.18 Å². The van der Waals surface area contributed by atoms with Crippen LogP contribution in [0.15, 0.2) is 17.0 Å². The Morgan fingerprint density at radius 1 is 1.26 bits per heavy atom. The van der Waals surface area contributed by atoms with Crippen LogP contribution >= 0.6 is 55.8 Å². The number of aromatic nitrogens is 2. The largest absolute Gasteiger partial charge is 0.416 e. The number of hydrogen-bond acceptors (Lipinski definition) is 3. The summed E-state index contributed by atoms with van der Waals surface area (Å²) in [6.45, 7) is 0. The van der Waals surface area contributed by atoms with Gasteiger partial charge >= 0.3 is 10.1 Å². The van der Waals surface area contributed by atoms with E-state index in [1.54, 1.807) is 9.24 Å². The molecule has 3 nitrogen and oxygen atoms in total. The lowest BCUT2D eigenvalue weighted by atomic mass is 10.2. The molecule has 0 N–H and O–H groups in total. The maximum absolute atomic E-state index is 14.4. The van der Waals surface area contributed by atoms with Crippen LogP contribution in [0.3, 0.4) is 0 Å². The van der Waals surface area contributed by atoms with Crippen molar-refractivity contribution in [2.45, 2.75) is 20.9 Å². The van der Waals surface area contributed by atoms with Gasteiger partial charge in [0, 0.05) is 0 Å². The predicted molar refractivity (Wildman–Crippen MR) is 93.2 cm³/mol. The van der Waals surface area contributed by atoms with Gasteiger partial charge in [-0.3, -0.25) is 0 Å². The van der Waals surface area contributed by atoms with E-state index in [0.717, 1.165) is 0 Å². The highest BCUT2D eigenvalue weighted by atomic mass is 35.5. The van der Waals surface area contributed by atoms with Gasteiger partial charge in [0.2, 0.25) is 0 Å². The fraction of sp³-hybridized carbons (Fsp3) is 0.231. The fourth-order valence-corrected chi connectivity index (χ4v) is 3.95. The standard InChI is InChI=1S/C13H5Cl3F6N3PS/c14-5-1-4(12(19,20)21)2-6(17)8(5)25-9(11(18)26)10(7(3-23)24-25)27-13(15,16)22/h1-2,11H,26H2. The van der Waals surface area contributed by atoms with Crippen LogP contribution < -0.4 is 0 Å². The first-order chi connectivity index (χ1) is 12.3. The van der Waals surface area contributed by atoms with Gasteiger partial charge in [0.1, 0.15) is 11.8 Å². The van der Waals surface area contributed by atoms with Gasteiger partial charge in [0.25, 0.3) is 0 Å². The van der Waals surface area contributed by atoms with Gasteiger partial charge in [-0.15, -0.1) is 0 Å². The Morgan fingerprint density at radius 2 is 1.85 bits per heavy atom. The van der Waals surface area contributed by atoms with Gasteiger partial charge in [0.05, 0.1) is 21.2 Å². The first-order valence-corrected chi connectivity index (χ1v) is 9.13. The third-order valence-electron chi connectivity index (χ3n) is 3.02. The molecule has 27 heavy (non-hydrogen) atoms. The summed E-state index contributed by atoms with van der Waals surface area (Å²) in [4.78, 5) is -0.470. The second-order valence-electron chi connectivity index (χ2n) is 4.82. The van der Waals surface area contributed by atoms with E-state index in [0.29, 0.717) is 10.7 Å². The van der Waals surface area contributed by atoms with Crippen LogP contribution in [0.2, 0.25) is 5.02 Å². The van der Waals surface area contributed by atoms with Gasteiger partial charge < -0.3 is 0 Å². The monoisotopic (exact) mass is 485 g/mol. The summed E-state index contributed by atoms with van der Waals surface area (Å²) >= 11 is 16.2. The molecule has 2 aromatic rings. The Balaban J connectivity index is 2.79. The molecule has 1 heterocycles. The third-order valence-corrected chi connectivity index (χ3v) is 4.92. The number of hydrogen-bond donors (Lipinski definition) is 0. The molecule has 0 spiro atoms. The second-order valence-corrected chi connectivity index (χ2v) is 8.67. The van der Waals surface area contributed by atoms with E-state index in [4.69, 9.17) is 40.1 Å². The summed E-state index contributed by atoms with van der Waals surface area (Å²) in [7, 11) is 1.65. The SMILES string of the molecule is N#Cc1nn(-c2c(F)cc(C(F)(F)F)cc2Cl)c(C(F)P)c1SC(F)(Cl)Cl. The minimum Gasteiger partial charge on any atom is -0.236 e. The molecular weight excluding hydrogens is 482 g/mol. The molecule has 0 saturated carbocycles. The average molecular weight is 487 g/mol. The fourth-order valence-electron chi connectivity index (χ4n) is 2.05. The van der Waals surface area contributed by atoms with E-state index >= 15 is 0 Å². The number of rotatable bonds is 4.